The number of rotatable bonds is 7. The molecule has 0 fully saturated rings. The fourth-order valence-electron chi connectivity index (χ4n) is 1.83. The van der Waals surface area contributed by atoms with E-state index in [9.17, 15) is 0 Å². The van der Waals surface area contributed by atoms with E-state index < -0.39 is 0 Å². The van der Waals surface area contributed by atoms with Gasteiger partial charge in [0.2, 0.25) is 0 Å². The molecular formula is C14H23NO2. The van der Waals surface area contributed by atoms with Crippen molar-refractivity contribution in [1.29, 1.82) is 0 Å². The minimum absolute atomic E-state index is 0.241. The summed E-state index contributed by atoms with van der Waals surface area (Å²) in [6.45, 7) is 4.88. The largest absolute Gasteiger partial charge is 0.497 e. The standard InChI is InChI=1S/C14H23NO2/c1-4-5-11(2)17-14-7-6-13(16-3)10-12(14)8-9-15/h6-7,10-11H,4-5,8-9,15H2,1-3H3. The average Bonchev–Trinajstić information content (AvgIpc) is 2.32. The van der Waals surface area contributed by atoms with Crippen LogP contribution in [0.25, 0.3) is 0 Å². The van der Waals surface area contributed by atoms with Gasteiger partial charge in [-0.3, -0.25) is 0 Å². The molecule has 1 aromatic carbocycles. The second kappa shape index (κ2) is 7.17. The van der Waals surface area contributed by atoms with Crippen molar-refractivity contribution in [3.63, 3.8) is 0 Å². The second-order valence-corrected chi connectivity index (χ2v) is 4.23. The molecule has 1 atom stereocenters. The summed E-state index contributed by atoms with van der Waals surface area (Å²) in [7, 11) is 1.67. The summed E-state index contributed by atoms with van der Waals surface area (Å²) in [5.74, 6) is 1.78. The molecule has 96 valence electrons. The van der Waals surface area contributed by atoms with Crippen LogP contribution in [0.4, 0.5) is 0 Å². The molecule has 0 spiro atoms. The van der Waals surface area contributed by atoms with E-state index in [1.165, 1.54) is 0 Å². The van der Waals surface area contributed by atoms with Crippen LogP contribution in [-0.2, 0) is 6.42 Å². The number of nitrogens with two attached hydrogens (primary N) is 1. The molecule has 2 N–H and O–H groups in total. The third kappa shape index (κ3) is 4.27. The minimum Gasteiger partial charge on any atom is -0.497 e. The van der Waals surface area contributed by atoms with Crippen molar-refractivity contribution in [2.24, 2.45) is 5.73 Å². The minimum atomic E-state index is 0.241. The van der Waals surface area contributed by atoms with Crippen LogP contribution in [0.1, 0.15) is 32.3 Å². The van der Waals surface area contributed by atoms with Crippen molar-refractivity contribution in [3.05, 3.63) is 23.8 Å². The second-order valence-electron chi connectivity index (χ2n) is 4.23. The molecular weight excluding hydrogens is 214 g/mol. The number of hydrogen-bond acceptors (Lipinski definition) is 3. The lowest BCUT2D eigenvalue weighted by Crippen LogP contribution is -2.13. The molecule has 0 aromatic heterocycles. The third-order valence-electron chi connectivity index (χ3n) is 2.70. The maximum atomic E-state index is 5.93. The average molecular weight is 237 g/mol. The predicted molar refractivity (Wildman–Crippen MR) is 70.8 cm³/mol. The number of benzene rings is 1. The fraction of sp³-hybridized carbons (Fsp3) is 0.571. The van der Waals surface area contributed by atoms with Gasteiger partial charge in [-0.25, -0.2) is 0 Å². The van der Waals surface area contributed by atoms with Crippen LogP contribution >= 0.6 is 0 Å². The van der Waals surface area contributed by atoms with Crippen molar-refractivity contribution in [3.8, 4) is 11.5 Å². The predicted octanol–water partition coefficient (Wildman–Crippen LogP) is 2.76. The first-order chi connectivity index (χ1) is 8.21. The lowest BCUT2D eigenvalue weighted by molar-refractivity contribution is 0.207. The molecule has 0 saturated heterocycles. The quantitative estimate of drug-likeness (QED) is 0.793. The highest BCUT2D eigenvalue weighted by Gasteiger charge is 2.08. The highest BCUT2D eigenvalue weighted by Crippen LogP contribution is 2.26. The summed E-state index contributed by atoms with van der Waals surface area (Å²) < 4.78 is 11.1. The molecule has 3 nitrogen and oxygen atoms in total. The maximum Gasteiger partial charge on any atom is 0.123 e. The van der Waals surface area contributed by atoms with Crippen molar-refractivity contribution >= 4 is 0 Å². The normalized spacial score (nSPS) is 12.2. The summed E-state index contributed by atoms with van der Waals surface area (Å²) in [6, 6.07) is 5.89. The Labute approximate surface area is 104 Å². The summed E-state index contributed by atoms with van der Waals surface area (Å²) in [6.07, 6.45) is 3.24. The van der Waals surface area contributed by atoms with Crippen LogP contribution < -0.4 is 15.2 Å². The first-order valence-electron chi connectivity index (χ1n) is 6.24. The molecule has 1 unspecified atom stereocenters. The Kier molecular flexibility index (Phi) is 5.84. The summed E-state index contributed by atoms with van der Waals surface area (Å²) in [4.78, 5) is 0. The van der Waals surface area contributed by atoms with Gasteiger partial charge in [0, 0.05) is 0 Å². The number of hydrogen-bond donors (Lipinski definition) is 1. The van der Waals surface area contributed by atoms with E-state index in [4.69, 9.17) is 15.2 Å². The van der Waals surface area contributed by atoms with Crippen LogP contribution in [0.15, 0.2) is 18.2 Å². The van der Waals surface area contributed by atoms with Crippen molar-refractivity contribution in [2.45, 2.75) is 39.2 Å². The Morgan fingerprint density at radius 2 is 2.12 bits per heavy atom. The zero-order valence-electron chi connectivity index (χ0n) is 11.0. The van der Waals surface area contributed by atoms with Gasteiger partial charge < -0.3 is 15.2 Å². The monoisotopic (exact) mass is 237 g/mol. The molecule has 3 heteroatoms. The fourth-order valence-corrected chi connectivity index (χ4v) is 1.83. The molecule has 0 aliphatic carbocycles. The lowest BCUT2D eigenvalue weighted by atomic mass is 10.1. The third-order valence-corrected chi connectivity index (χ3v) is 2.70. The maximum absolute atomic E-state index is 5.93. The summed E-state index contributed by atoms with van der Waals surface area (Å²) >= 11 is 0. The van der Waals surface area contributed by atoms with Gasteiger partial charge in [0.05, 0.1) is 13.2 Å². The highest BCUT2D eigenvalue weighted by atomic mass is 16.5. The first-order valence-corrected chi connectivity index (χ1v) is 6.24. The molecule has 0 radical (unpaired) electrons. The SMILES string of the molecule is CCCC(C)Oc1ccc(OC)cc1CCN. The molecule has 1 aromatic rings. The molecule has 0 bridgehead atoms. The zero-order valence-corrected chi connectivity index (χ0v) is 11.0. The van der Waals surface area contributed by atoms with E-state index in [0.29, 0.717) is 6.54 Å². The molecule has 17 heavy (non-hydrogen) atoms. The molecule has 0 aliphatic rings. The molecule has 0 heterocycles. The summed E-state index contributed by atoms with van der Waals surface area (Å²) in [5.41, 5.74) is 6.73. The van der Waals surface area contributed by atoms with Gasteiger partial charge in [-0.1, -0.05) is 13.3 Å². The van der Waals surface area contributed by atoms with Gasteiger partial charge in [0.25, 0.3) is 0 Å². The topological polar surface area (TPSA) is 44.5 Å². The van der Waals surface area contributed by atoms with Gasteiger partial charge >= 0.3 is 0 Å². The Morgan fingerprint density at radius 1 is 1.35 bits per heavy atom. The molecule has 0 amide bonds. The number of ether oxygens (including phenoxy) is 2. The van der Waals surface area contributed by atoms with Crippen LogP contribution in [0, 0.1) is 0 Å². The zero-order chi connectivity index (χ0) is 12.7. The van der Waals surface area contributed by atoms with Gasteiger partial charge in [0.1, 0.15) is 11.5 Å². The van der Waals surface area contributed by atoms with Gasteiger partial charge in [-0.15, -0.1) is 0 Å². The van der Waals surface area contributed by atoms with E-state index >= 15 is 0 Å². The van der Waals surface area contributed by atoms with Crippen molar-refractivity contribution in [1.82, 2.24) is 0 Å². The number of methoxy groups -OCH3 is 1. The van der Waals surface area contributed by atoms with Crippen LogP contribution in [0.3, 0.4) is 0 Å². The van der Waals surface area contributed by atoms with E-state index in [-0.39, 0.29) is 6.10 Å². The Morgan fingerprint density at radius 3 is 2.71 bits per heavy atom. The highest BCUT2D eigenvalue weighted by molar-refractivity contribution is 5.40. The van der Waals surface area contributed by atoms with Crippen LogP contribution in [-0.4, -0.2) is 19.8 Å². The van der Waals surface area contributed by atoms with Crippen molar-refractivity contribution < 1.29 is 9.47 Å². The molecule has 0 aliphatic heterocycles. The Balaban J connectivity index is 2.81. The first kappa shape index (κ1) is 13.8. The Bertz CT molecular complexity index is 339. The van der Waals surface area contributed by atoms with E-state index in [0.717, 1.165) is 36.3 Å². The Hall–Kier alpha value is -1.22. The van der Waals surface area contributed by atoms with E-state index in [1.807, 2.05) is 18.2 Å². The van der Waals surface area contributed by atoms with E-state index in [2.05, 4.69) is 13.8 Å². The summed E-state index contributed by atoms with van der Waals surface area (Å²) in [5, 5.41) is 0. The van der Waals surface area contributed by atoms with Gasteiger partial charge in [-0.2, -0.15) is 0 Å². The van der Waals surface area contributed by atoms with Gasteiger partial charge in [0.15, 0.2) is 0 Å². The lowest BCUT2D eigenvalue weighted by Gasteiger charge is -2.17. The smallest absolute Gasteiger partial charge is 0.123 e. The van der Waals surface area contributed by atoms with Crippen molar-refractivity contribution in [2.75, 3.05) is 13.7 Å². The molecule has 0 saturated carbocycles. The van der Waals surface area contributed by atoms with E-state index in [1.54, 1.807) is 7.11 Å². The molecule has 1 rings (SSSR count). The van der Waals surface area contributed by atoms with Crippen LogP contribution in [0.5, 0.6) is 11.5 Å². The van der Waals surface area contributed by atoms with Crippen LogP contribution in [0.2, 0.25) is 0 Å². The van der Waals surface area contributed by atoms with Gasteiger partial charge in [-0.05, 0) is 50.1 Å².